The summed E-state index contributed by atoms with van der Waals surface area (Å²) in [5.41, 5.74) is 1.83. The van der Waals surface area contributed by atoms with Gasteiger partial charge in [-0.05, 0) is 39.3 Å². The van der Waals surface area contributed by atoms with Gasteiger partial charge in [-0.25, -0.2) is 9.67 Å². The van der Waals surface area contributed by atoms with E-state index in [-0.39, 0.29) is 6.04 Å². The molecule has 1 aliphatic rings. The summed E-state index contributed by atoms with van der Waals surface area (Å²) in [4.78, 5) is 6.50. The Kier molecular flexibility index (Phi) is 4.01. The second-order valence-corrected chi connectivity index (χ2v) is 6.77. The minimum absolute atomic E-state index is 0.193. The van der Waals surface area contributed by atoms with E-state index in [4.69, 9.17) is 0 Å². The van der Waals surface area contributed by atoms with E-state index in [1.165, 1.54) is 0 Å². The fourth-order valence-corrected chi connectivity index (χ4v) is 3.11. The molecule has 1 atom stereocenters. The highest BCUT2D eigenvalue weighted by molar-refractivity contribution is 5.59. The maximum atomic E-state index is 11.0. The Balaban J connectivity index is 1.91. The largest absolute Gasteiger partial charge is 0.381 e. The molecule has 0 saturated carbocycles. The van der Waals surface area contributed by atoms with Crippen LogP contribution in [0.4, 0.5) is 5.82 Å². The van der Waals surface area contributed by atoms with Crippen molar-refractivity contribution >= 4 is 5.82 Å². The monoisotopic (exact) mass is 326 g/mol. The minimum Gasteiger partial charge on any atom is -0.381 e. The van der Waals surface area contributed by atoms with Crippen molar-refractivity contribution in [3.05, 3.63) is 34.8 Å². The predicted molar refractivity (Wildman–Crippen MR) is 89.6 cm³/mol. The number of β-amino-alcohol motifs (C(OH)–C–C–N with tert-alkyl or cyclic N) is 1. The number of aromatic nitrogens is 4. The first kappa shape index (κ1) is 16.4. The number of rotatable bonds is 3. The summed E-state index contributed by atoms with van der Waals surface area (Å²) in [7, 11) is 0. The zero-order valence-corrected chi connectivity index (χ0v) is 14.5. The molecule has 3 rings (SSSR count). The third-order valence-corrected chi connectivity index (χ3v) is 4.50. The average molecular weight is 326 g/mol. The van der Waals surface area contributed by atoms with Gasteiger partial charge in [-0.1, -0.05) is 5.21 Å². The van der Waals surface area contributed by atoms with Gasteiger partial charge in [-0.3, -0.25) is 0 Å². The van der Waals surface area contributed by atoms with E-state index in [9.17, 15) is 10.4 Å². The van der Waals surface area contributed by atoms with Crippen LogP contribution < -0.4 is 4.90 Å². The van der Waals surface area contributed by atoms with E-state index in [0.717, 1.165) is 11.3 Å². The van der Waals surface area contributed by atoms with Crippen molar-refractivity contribution in [2.45, 2.75) is 45.8 Å². The molecule has 0 bridgehead atoms. The summed E-state index contributed by atoms with van der Waals surface area (Å²) >= 11 is 0. The molecule has 0 aliphatic carbocycles. The zero-order chi connectivity index (χ0) is 17.5. The van der Waals surface area contributed by atoms with Crippen LogP contribution in [-0.2, 0) is 5.60 Å². The molecule has 7 heteroatoms. The van der Waals surface area contributed by atoms with Gasteiger partial charge >= 0.3 is 0 Å². The Morgan fingerprint density at radius 2 is 2.12 bits per heavy atom. The summed E-state index contributed by atoms with van der Waals surface area (Å²) in [6.07, 6.45) is 2.33. The third-order valence-electron chi connectivity index (χ3n) is 4.50. The summed E-state index contributed by atoms with van der Waals surface area (Å²) in [5, 5.41) is 28.7. The maximum absolute atomic E-state index is 11.0. The van der Waals surface area contributed by atoms with Crippen molar-refractivity contribution in [3.8, 4) is 6.07 Å². The van der Waals surface area contributed by atoms with Crippen molar-refractivity contribution in [1.82, 2.24) is 20.0 Å². The van der Waals surface area contributed by atoms with Crippen LogP contribution in [0, 0.1) is 25.2 Å². The van der Waals surface area contributed by atoms with Crippen LogP contribution in [0.5, 0.6) is 0 Å². The summed E-state index contributed by atoms with van der Waals surface area (Å²) < 4.78 is 1.74. The van der Waals surface area contributed by atoms with Gasteiger partial charge in [0.2, 0.25) is 0 Å². The van der Waals surface area contributed by atoms with Crippen LogP contribution in [0.2, 0.25) is 0 Å². The normalized spacial score (nSPS) is 20.6. The summed E-state index contributed by atoms with van der Waals surface area (Å²) in [5.74, 6) is 0.641. The average Bonchev–Trinajstić information content (AvgIpc) is 3.14. The summed E-state index contributed by atoms with van der Waals surface area (Å²) in [6, 6.07) is 4.33. The van der Waals surface area contributed by atoms with Gasteiger partial charge in [0.05, 0.1) is 18.3 Å². The molecule has 0 radical (unpaired) electrons. The molecular formula is C17H22N6O. The van der Waals surface area contributed by atoms with Crippen LogP contribution in [0.25, 0.3) is 0 Å². The molecule has 0 spiro atoms. The number of nitrogens with zero attached hydrogens (tertiary/aromatic N) is 6. The molecule has 2 aromatic rings. The zero-order valence-electron chi connectivity index (χ0n) is 14.5. The van der Waals surface area contributed by atoms with Crippen molar-refractivity contribution in [2.75, 3.05) is 18.0 Å². The lowest BCUT2D eigenvalue weighted by molar-refractivity contribution is 0.0559. The van der Waals surface area contributed by atoms with E-state index in [0.29, 0.717) is 36.6 Å². The molecule has 126 valence electrons. The number of pyridine rings is 1. The number of aryl methyl sites for hydroxylation is 2. The molecule has 2 aromatic heterocycles. The van der Waals surface area contributed by atoms with Crippen molar-refractivity contribution < 1.29 is 5.11 Å². The van der Waals surface area contributed by atoms with E-state index >= 15 is 0 Å². The topological polar surface area (TPSA) is 90.9 Å². The van der Waals surface area contributed by atoms with Gasteiger partial charge in [-0.2, -0.15) is 5.26 Å². The van der Waals surface area contributed by atoms with Crippen LogP contribution in [0.1, 0.15) is 48.8 Å². The summed E-state index contributed by atoms with van der Waals surface area (Å²) in [6.45, 7) is 8.83. The standard InChI is InChI=1S/C17H22N6O/c1-11(2)23-9-15(20-21-23)17(24)5-6-22(10-17)16-14(8-18)12(3)7-13(4)19-16/h7,9,11,24H,5-6,10H2,1-4H3/t17-/m0/s1. The molecule has 0 unspecified atom stereocenters. The second kappa shape index (κ2) is 5.87. The van der Waals surface area contributed by atoms with E-state index in [1.54, 1.807) is 10.9 Å². The predicted octanol–water partition coefficient (Wildman–Crippen LogP) is 1.84. The van der Waals surface area contributed by atoms with Gasteiger partial charge < -0.3 is 10.0 Å². The Bertz CT molecular complexity index is 806. The van der Waals surface area contributed by atoms with E-state index in [1.807, 2.05) is 38.7 Å². The molecular weight excluding hydrogens is 304 g/mol. The number of hydrogen-bond acceptors (Lipinski definition) is 6. The van der Waals surface area contributed by atoms with Gasteiger partial charge in [-0.15, -0.1) is 5.10 Å². The lowest BCUT2D eigenvalue weighted by Gasteiger charge is -2.23. The van der Waals surface area contributed by atoms with Gasteiger partial charge in [0, 0.05) is 24.7 Å². The number of nitriles is 1. The fraction of sp³-hybridized carbons (Fsp3) is 0.529. The third kappa shape index (κ3) is 2.74. The first-order valence-electron chi connectivity index (χ1n) is 8.12. The van der Waals surface area contributed by atoms with Gasteiger partial charge in [0.25, 0.3) is 0 Å². The number of anilines is 1. The molecule has 1 N–H and O–H groups in total. The van der Waals surface area contributed by atoms with Crippen molar-refractivity contribution in [1.29, 1.82) is 5.26 Å². The fourth-order valence-electron chi connectivity index (χ4n) is 3.11. The minimum atomic E-state index is -1.07. The van der Waals surface area contributed by atoms with Gasteiger partial charge in [0.1, 0.15) is 23.2 Å². The van der Waals surface area contributed by atoms with Crippen molar-refractivity contribution in [3.63, 3.8) is 0 Å². The van der Waals surface area contributed by atoms with Gasteiger partial charge in [0.15, 0.2) is 0 Å². The Morgan fingerprint density at radius 3 is 2.75 bits per heavy atom. The number of hydrogen-bond donors (Lipinski definition) is 1. The molecule has 3 heterocycles. The smallest absolute Gasteiger partial charge is 0.147 e. The van der Waals surface area contributed by atoms with E-state index < -0.39 is 5.60 Å². The highest BCUT2D eigenvalue weighted by Crippen LogP contribution is 2.35. The molecule has 0 amide bonds. The highest BCUT2D eigenvalue weighted by Gasteiger charge is 2.41. The second-order valence-electron chi connectivity index (χ2n) is 6.77. The lowest BCUT2D eigenvalue weighted by atomic mass is 10.00. The molecule has 0 aromatic carbocycles. The first-order valence-corrected chi connectivity index (χ1v) is 8.12. The van der Waals surface area contributed by atoms with E-state index in [2.05, 4.69) is 21.4 Å². The highest BCUT2D eigenvalue weighted by atomic mass is 16.3. The van der Waals surface area contributed by atoms with Crippen LogP contribution >= 0.6 is 0 Å². The Morgan fingerprint density at radius 1 is 1.38 bits per heavy atom. The lowest BCUT2D eigenvalue weighted by Crippen LogP contribution is -2.32. The molecule has 7 nitrogen and oxygen atoms in total. The maximum Gasteiger partial charge on any atom is 0.147 e. The Labute approximate surface area is 141 Å². The molecule has 1 saturated heterocycles. The quantitative estimate of drug-likeness (QED) is 0.925. The van der Waals surface area contributed by atoms with Crippen molar-refractivity contribution in [2.24, 2.45) is 0 Å². The van der Waals surface area contributed by atoms with Crippen LogP contribution in [0.3, 0.4) is 0 Å². The SMILES string of the molecule is Cc1cc(C)c(C#N)c(N2CC[C@@](O)(c3cn(C(C)C)nn3)C2)n1. The first-order chi connectivity index (χ1) is 11.3. The molecule has 1 fully saturated rings. The molecule has 1 aliphatic heterocycles. The molecule has 24 heavy (non-hydrogen) atoms. The number of aliphatic hydroxyl groups is 1. The van der Waals surface area contributed by atoms with Crippen LogP contribution in [-0.4, -0.2) is 38.2 Å². The van der Waals surface area contributed by atoms with Crippen LogP contribution in [0.15, 0.2) is 12.3 Å². The Hall–Kier alpha value is -2.46.